The van der Waals surface area contributed by atoms with Crippen molar-refractivity contribution in [3.05, 3.63) is 0 Å². The monoisotopic (exact) mass is 488 g/mol. The summed E-state index contributed by atoms with van der Waals surface area (Å²) in [6.45, 7) is 7.41. The van der Waals surface area contributed by atoms with Gasteiger partial charge in [-0.15, -0.1) is 24.0 Å². The van der Waals surface area contributed by atoms with Crippen LogP contribution in [0.2, 0.25) is 0 Å². The van der Waals surface area contributed by atoms with Crippen molar-refractivity contribution in [2.45, 2.75) is 51.0 Å². The number of nitrogens with zero attached hydrogens (tertiary/aromatic N) is 3. The van der Waals surface area contributed by atoms with E-state index in [2.05, 4.69) is 20.1 Å². The van der Waals surface area contributed by atoms with Gasteiger partial charge in [0.15, 0.2) is 5.96 Å². The van der Waals surface area contributed by atoms with Gasteiger partial charge in [-0.2, -0.15) is 0 Å². The molecule has 2 saturated heterocycles. The number of hydrogen-bond donors (Lipinski definition) is 1. The number of halogens is 1. The van der Waals surface area contributed by atoms with Crippen LogP contribution in [0.3, 0.4) is 0 Å². The second-order valence-corrected chi connectivity index (χ2v) is 9.86. The fourth-order valence-electron chi connectivity index (χ4n) is 7.28. The van der Waals surface area contributed by atoms with Gasteiger partial charge in [0.05, 0.1) is 13.2 Å². The third-order valence-electron chi connectivity index (χ3n) is 8.02. The normalized spacial score (nSPS) is 41.7. The van der Waals surface area contributed by atoms with E-state index in [-0.39, 0.29) is 24.0 Å². The Labute approximate surface area is 181 Å². The first-order valence-electron chi connectivity index (χ1n) is 11.0. The van der Waals surface area contributed by atoms with Crippen LogP contribution in [0, 0.1) is 23.2 Å². The lowest BCUT2D eigenvalue weighted by molar-refractivity contribution is -0.0494. The summed E-state index contributed by atoms with van der Waals surface area (Å²) >= 11 is 0. The van der Waals surface area contributed by atoms with Gasteiger partial charge >= 0.3 is 0 Å². The molecule has 2 aliphatic heterocycles. The molecular formula is C21H37IN4O. The standard InChI is InChI=1S/C21H36N4O.HI/c1-22-20(25-3-2-19(14-25)24-4-6-26-7-5-24)23-15-21-11-16-8-17(12-21)10-18(9-16)13-21;/h16-19H,2-15H2,1H3,(H,22,23);1H. The third kappa shape index (κ3) is 4.13. The molecule has 154 valence electrons. The summed E-state index contributed by atoms with van der Waals surface area (Å²) in [7, 11) is 1.96. The van der Waals surface area contributed by atoms with Crippen molar-refractivity contribution in [3.8, 4) is 0 Å². The summed E-state index contributed by atoms with van der Waals surface area (Å²) < 4.78 is 5.52. The molecule has 0 aromatic heterocycles. The summed E-state index contributed by atoms with van der Waals surface area (Å²) in [5.74, 6) is 4.24. The zero-order valence-corrected chi connectivity index (χ0v) is 19.2. The van der Waals surface area contributed by atoms with Gasteiger partial charge in [-0.3, -0.25) is 9.89 Å². The first kappa shape index (κ1) is 20.2. The first-order valence-corrected chi connectivity index (χ1v) is 11.0. The van der Waals surface area contributed by atoms with E-state index in [1.807, 2.05) is 7.05 Å². The molecule has 1 atom stereocenters. The zero-order valence-electron chi connectivity index (χ0n) is 16.9. The van der Waals surface area contributed by atoms with Crippen molar-refractivity contribution in [1.29, 1.82) is 0 Å². The van der Waals surface area contributed by atoms with Crippen LogP contribution in [-0.4, -0.2) is 74.8 Å². The Hall–Kier alpha value is -0.0800. The Kier molecular flexibility index (Phi) is 6.24. The van der Waals surface area contributed by atoms with E-state index >= 15 is 0 Å². The number of guanidine groups is 1. The van der Waals surface area contributed by atoms with Crippen LogP contribution >= 0.6 is 24.0 Å². The van der Waals surface area contributed by atoms with Gasteiger partial charge in [0.25, 0.3) is 0 Å². The largest absolute Gasteiger partial charge is 0.379 e. The van der Waals surface area contributed by atoms with Crippen molar-refractivity contribution in [1.82, 2.24) is 15.1 Å². The Balaban J connectivity index is 0.00000180. The molecule has 4 saturated carbocycles. The molecule has 1 N–H and O–H groups in total. The van der Waals surface area contributed by atoms with E-state index in [0.717, 1.165) is 69.7 Å². The summed E-state index contributed by atoms with van der Waals surface area (Å²) in [5.41, 5.74) is 0.577. The maximum Gasteiger partial charge on any atom is 0.193 e. The van der Waals surface area contributed by atoms with E-state index in [1.54, 1.807) is 0 Å². The highest BCUT2D eigenvalue weighted by Gasteiger charge is 2.50. The van der Waals surface area contributed by atoms with Gasteiger partial charge in [0.2, 0.25) is 0 Å². The first-order chi connectivity index (χ1) is 12.7. The van der Waals surface area contributed by atoms with Gasteiger partial charge in [0.1, 0.15) is 0 Å². The van der Waals surface area contributed by atoms with Gasteiger partial charge in [0, 0.05) is 45.8 Å². The third-order valence-corrected chi connectivity index (χ3v) is 8.02. The molecule has 0 radical (unpaired) electrons. The van der Waals surface area contributed by atoms with Crippen LogP contribution in [0.25, 0.3) is 0 Å². The molecule has 4 bridgehead atoms. The van der Waals surface area contributed by atoms with Crippen molar-refractivity contribution in [3.63, 3.8) is 0 Å². The summed E-state index contributed by atoms with van der Waals surface area (Å²) in [4.78, 5) is 9.78. The Morgan fingerprint density at radius 1 is 1.04 bits per heavy atom. The minimum Gasteiger partial charge on any atom is -0.379 e. The SMILES string of the molecule is CN=C(NCC12CC3CC(CC(C3)C1)C2)N1CCC(N2CCOCC2)C1.I. The molecule has 1 unspecified atom stereocenters. The fourth-order valence-corrected chi connectivity index (χ4v) is 7.28. The highest BCUT2D eigenvalue weighted by molar-refractivity contribution is 14.0. The molecule has 6 heteroatoms. The van der Waals surface area contributed by atoms with Crippen LogP contribution in [0.1, 0.15) is 44.9 Å². The van der Waals surface area contributed by atoms with Crippen LogP contribution in [0.15, 0.2) is 4.99 Å². The van der Waals surface area contributed by atoms with Crippen molar-refractivity contribution in [2.24, 2.45) is 28.2 Å². The summed E-state index contributed by atoms with van der Waals surface area (Å²) in [6, 6.07) is 0.678. The quantitative estimate of drug-likeness (QED) is 0.377. The smallest absolute Gasteiger partial charge is 0.193 e. The average molecular weight is 488 g/mol. The van der Waals surface area contributed by atoms with Crippen molar-refractivity contribution >= 4 is 29.9 Å². The van der Waals surface area contributed by atoms with Crippen LogP contribution in [0.5, 0.6) is 0 Å². The zero-order chi connectivity index (χ0) is 17.6. The lowest BCUT2D eigenvalue weighted by Crippen LogP contribution is -2.53. The average Bonchev–Trinajstić information content (AvgIpc) is 3.12. The predicted octanol–water partition coefficient (Wildman–Crippen LogP) is 2.80. The number of rotatable bonds is 3. The number of hydrogen-bond acceptors (Lipinski definition) is 3. The van der Waals surface area contributed by atoms with Gasteiger partial charge in [-0.1, -0.05) is 0 Å². The minimum atomic E-state index is 0. The second kappa shape index (κ2) is 8.34. The molecule has 4 aliphatic carbocycles. The number of morpholine rings is 1. The number of aliphatic imine (C=N–C) groups is 1. The lowest BCUT2D eigenvalue weighted by Gasteiger charge is -2.57. The number of nitrogens with one attached hydrogen (secondary N) is 1. The van der Waals surface area contributed by atoms with Crippen LogP contribution < -0.4 is 5.32 Å². The summed E-state index contributed by atoms with van der Waals surface area (Å²) in [5, 5.41) is 3.82. The van der Waals surface area contributed by atoms with E-state index in [9.17, 15) is 0 Å². The Morgan fingerprint density at radius 2 is 1.67 bits per heavy atom. The molecule has 27 heavy (non-hydrogen) atoms. The number of likely N-dealkylation sites (tertiary alicyclic amines) is 1. The van der Waals surface area contributed by atoms with E-state index in [4.69, 9.17) is 4.74 Å². The highest BCUT2D eigenvalue weighted by atomic mass is 127. The molecule has 5 nitrogen and oxygen atoms in total. The van der Waals surface area contributed by atoms with Crippen LogP contribution in [-0.2, 0) is 4.74 Å². The predicted molar refractivity (Wildman–Crippen MR) is 120 cm³/mol. The van der Waals surface area contributed by atoms with Gasteiger partial charge in [-0.25, -0.2) is 0 Å². The van der Waals surface area contributed by atoms with Crippen LogP contribution in [0.4, 0.5) is 0 Å². The molecule has 2 heterocycles. The molecule has 6 fully saturated rings. The van der Waals surface area contributed by atoms with E-state index in [0.29, 0.717) is 11.5 Å². The molecular weight excluding hydrogens is 451 g/mol. The van der Waals surface area contributed by atoms with E-state index in [1.165, 1.54) is 44.9 Å². The van der Waals surface area contributed by atoms with Gasteiger partial charge in [-0.05, 0) is 68.1 Å². The summed E-state index contributed by atoms with van der Waals surface area (Å²) in [6.07, 6.45) is 10.3. The maximum absolute atomic E-state index is 5.52. The van der Waals surface area contributed by atoms with Gasteiger partial charge < -0.3 is 15.0 Å². The molecule has 0 aromatic rings. The topological polar surface area (TPSA) is 40.1 Å². The second-order valence-electron chi connectivity index (χ2n) is 9.86. The maximum atomic E-state index is 5.52. The Morgan fingerprint density at radius 3 is 2.26 bits per heavy atom. The molecule has 0 aromatic carbocycles. The number of ether oxygens (including phenoxy) is 1. The van der Waals surface area contributed by atoms with Crippen molar-refractivity contribution < 1.29 is 4.74 Å². The fraction of sp³-hybridized carbons (Fsp3) is 0.952. The highest BCUT2D eigenvalue weighted by Crippen LogP contribution is 2.59. The molecule has 0 amide bonds. The Bertz CT molecular complexity index is 513. The molecule has 6 aliphatic rings. The lowest BCUT2D eigenvalue weighted by atomic mass is 9.49. The van der Waals surface area contributed by atoms with Crippen molar-refractivity contribution in [2.75, 3.05) is 53.0 Å². The molecule has 0 spiro atoms. The van der Waals surface area contributed by atoms with E-state index < -0.39 is 0 Å². The minimum absolute atomic E-state index is 0. The molecule has 6 rings (SSSR count).